The highest BCUT2D eigenvalue weighted by Gasteiger charge is 2.10. The molecule has 0 aromatic rings. The summed E-state index contributed by atoms with van der Waals surface area (Å²) in [6.07, 6.45) is 1.99. The molecule has 0 rings (SSSR count). The van der Waals surface area contributed by atoms with Crippen LogP contribution >= 0.6 is 11.8 Å². The van der Waals surface area contributed by atoms with Crippen molar-refractivity contribution in [1.82, 2.24) is 4.90 Å². The summed E-state index contributed by atoms with van der Waals surface area (Å²) < 4.78 is 0. The zero-order valence-electron chi connectivity index (χ0n) is 8.95. The Morgan fingerprint density at radius 3 is 2.36 bits per heavy atom. The summed E-state index contributed by atoms with van der Waals surface area (Å²) in [5.74, 6) is 1.000. The van der Waals surface area contributed by atoms with Gasteiger partial charge in [-0.25, -0.2) is 0 Å². The number of thioether (sulfide) groups is 1. The van der Waals surface area contributed by atoms with Gasteiger partial charge >= 0.3 is 0 Å². The quantitative estimate of drug-likeness (QED) is 0.608. The number of rotatable bonds is 7. The molecule has 0 saturated carbocycles. The molecule has 3 nitrogen and oxygen atoms in total. The highest BCUT2D eigenvalue weighted by Crippen LogP contribution is 2.03. The van der Waals surface area contributed by atoms with Crippen LogP contribution in [0.25, 0.3) is 0 Å². The van der Waals surface area contributed by atoms with E-state index >= 15 is 0 Å². The highest BCUT2D eigenvalue weighted by molar-refractivity contribution is 8.00. The molecule has 0 saturated heterocycles. The Hall–Kier alpha value is -0.690. The first-order valence-corrected chi connectivity index (χ1v) is 6.14. The monoisotopic (exact) mass is 214 g/mol. The predicted molar refractivity (Wildman–Crippen MR) is 60.1 cm³/mol. The molecule has 0 unspecified atom stereocenters. The Balaban J connectivity index is 3.83. The van der Waals surface area contributed by atoms with Gasteiger partial charge in [0.1, 0.15) is 0 Å². The number of carbonyl (C=O) groups excluding carboxylic acids is 1. The summed E-state index contributed by atoms with van der Waals surface area (Å²) in [6, 6.07) is 2.02. The first-order chi connectivity index (χ1) is 6.76. The number of hydrogen-bond acceptors (Lipinski definition) is 3. The van der Waals surface area contributed by atoms with Crippen molar-refractivity contribution in [3.05, 3.63) is 0 Å². The Kier molecular flexibility index (Phi) is 8.45. The van der Waals surface area contributed by atoms with Gasteiger partial charge < -0.3 is 4.90 Å². The van der Waals surface area contributed by atoms with Crippen molar-refractivity contribution in [2.45, 2.75) is 26.7 Å². The molecule has 0 aromatic heterocycles. The molecular weight excluding hydrogens is 196 g/mol. The molecule has 4 heteroatoms. The molecule has 0 N–H and O–H groups in total. The van der Waals surface area contributed by atoms with Crippen molar-refractivity contribution in [1.29, 1.82) is 5.26 Å². The fraction of sp³-hybridized carbons (Fsp3) is 0.800. The van der Waals surface area contributed by atoms with Crippen LogP contribution in [-0.4, -0.2) is 35.4 Å². The zero-order chi connectivity index (χ0) is 10.8. The van der Waals surface area contributed by atoms with Gasteiger partial charge in [0.2, 0.25) is 5.91 Å². The second kappa shape index (κ2) is 8.89. The van der Waals surface area contributed by atoms with Crippen LogP contribution in [-0.2, 0) is 4.79 Å². The van der Waals surface area contributed by atoms with E-state index in [2.05, 4.69) is 13.8 Å². The fourth-order valence-corrected chi connectivity index (χ4v) is 1.73. The lowest BCUT2D eigenvalue weighted by Gasteiger charge is -2.20. The van der Waals surface area contributed by atoms with Gasteiger partial charge in [0.15, 0.2) is 0 Å². The third kappa shape index (κ3) is 5.87. The van der Waals surface area contributed by atoms with Gasteiger partial charge in [-0.1, -0.05) is 13.8 Å². The average molecular weight is 214 g/mol. The molecule has 0 radical (unpaired) electrons. The molecule has 1 amide bonds. The molecule has 80 valence electrons. The van der Waals surface area contributed by atoms with E-state index in [9.17, 15) is 4.79 Å². The molecule has 0 atom stereocenters. The third-order valence-corrected chi connectivity index (χ3v) is 2.52. The molecule has 0 heterocycles. The van der Waals surface area contributed by atoms with Gasteiger partial charge in [-0.3, -0.25) is 4.79 Å². The van der Waals surface area contributed by atoms with E-state index in [4.69, 9.17) is 5.26 Å². The van der Waals surface area contributed by atoms with Crippen LogP contribution in [0.5, 0.6) is 0 Å². The summed E-state index contributed by atoms with van der Waals surface area (Å²) >= 11 is 1.39. The Morgan fingerprint density at radius 2 is 1.93 bits per heavy atom. The van der Waals surface area contributed by atoms with E-state index < -0.39 is 0 Å². The van der Waals surface area contributed by atoms with Crippen LogP contribution in [0.4, 0.5) is 0 Å². The Labute approximate surface area is 90.5 Å². The lowest BCUT2D eigenvalue weighted by atomic mass is 10.3. The first-order valence-electron chi connectivity index (χ1n) is 4.98. The minimum absolute atomic E-state index is 0.161. The number of nitriles is 1. The number of hydrogen-bond donors (Lipinski definition) is 0. The van der Waals surface area contributed by atoms with Crippen LogP contribution in [0.15, 0.2) is 0 Å². The average Bonchev–Trinajstić information content (AvgIpc) is 2.18. The molecular formula is C10H18N2OS. The van der Waals surface area contributed by atoms with E-state index in [1.807, 2.05) is 11.0 Å². The van der Waals surface area contributed by atoms with Crippen LogP contribution in [0.1, 0.15) is 26.7 Å². The third-order valence-electron chi connectivity index (χ3n) is 1.73. The van der Waals surface area contributed by atoms with Crippen LogP contribution in [0.2, 0.25) is 0 Å². The van der Waals surface area contributed by atoms with E-state index in [1.165, 1.54) is 11.8 Å². The van der Waals surface area contributed by atoms with Crippen molar-refractivity contribution in [3.8, 4) is 6.07 Å². The standard InChI is InChI=1S/C10H18N2OS/c1-3-6-12(7-4-2)10(13)9-14-8-5-11/h3-4,6-9H2,1-2H3. The van der Waals surface area contributed by atoms with Gasteiger partial charge in [-0.05, 0) is 12.8 Å². The van der Waals surface area contributed by atoms with Crippen molar-refractivity contribution in [3.63, 3.8) is 0 Å². The van der Waals surface area contributed by atoms with Gasteiger partial charge in [0.25, 0.3) is 0 Å². The highest BCUT2D eigenvalue weighted by atomic mass is 32.2. The lowest BCUT2D eigenvalue weighted by molar-refractivity contribution is -0.128. The van der Waals surface area contributed by atoms with E-state index in [0.717, 1.165) is 25.9 Å². The SMILES string of the molecule is CCCN(CCC)C(=O)CSCC#N. The molecule has 14 heavy (non-hydrogen) atoms. The maximum Gasteiger partial charge on any atom is 0.232 e. The Morgan fingerprint density at radius 1 is 1.36 bits per heavy atom. The smallest absolute Gasteiger partial charge is 0.232 e. The van der Waals surface area contributed by atoms with Crippen molar-refractivity contribution in [2.24, 2.45) is 0 Å². The number of carbonyl (C=O) groups is 1. The van der Waals surface area contributed by atoms with Crippen molar-refractivity contribution < 1.29 is 4.79 Å². The molecule has 0 bridgehead atoms. The maximum absolute atomic E-state index is 11.6. The van der Waals surface area contributed by atoms with Crippen LogP contribution in [0.3, 0.4) is 0 Å². The first kappa shape index (κ1) is 13.3. The van der Waals surface area contributed by atoms with Crippen LogP contribution < -0.4 is 0 Å². The number of nitrogens with zero attached hydrogens (tertiary/aromatic N) is 2. The van der Waals surface area contributed by atoms with Crippen LogP contribution in [0, 0.1) is 11.3 Å². The van der Waals surface area contributed by atoms with Gasteiger partial charge in [0.05, 0.1) is 17.6 Å². The molecule has 0 fully saturated rings. The molecule has 0 aliphatic carbocycles. The minimum atomic E-state index is 0.161. The van der Waals surface area contributed by atoms with Crippen molar-refractivity contribution in [2.75, 3.05) is 24.6 Å². The molecule has 0 aliphatic rings. The normalized spacial score (nSPS) is 9.50. The minimum Gasteiger partial charge on any atom is -0.342 e. The molecule has 0 aromatic carbocycles. The van der Waals surface area contributed by atoms with Gasteiger partial charge in [-0.2, -0.15) is 5.26 Å². The van der Waals surface area contributed by atoms with E-state index in [-0.39, 0.29) is 5.91 Å². The number of amides is 1. The summed E-state index contributed by atoms with van der Waals surface area (Å²) in [5.41, 5.74) is 0. The maximum atomic E-state index is 11.6. The van der Waals surface area contributed by atoms with Crippen molar-refractivity contribution >= 4 is 17.7 Å². The zero-order valence-corrected chi connectivity index (χ0v) is 9.77. The predicted octanol–water partition coefficient (Wildman–Crippen LogP) is 1.89. The summed E-state index contributed by atoms with van der Waals surface area (Å²) in [5, 5.41) is 8.33. The second-order valence-electron chi connectivity index (χ2n) is 3.03. The van der Waals surface area contributed by atoms with E-state index in [0.29, 0.717) is 11.5 Å². The van der Waals surface area contributed by atoms with E-state index in [1.54, 1.807) is 0 Å². The Bertz CT molecular complexity index is 195. The summed E-state index contributed by atoms with van der Waals surface area (Å²) in [7, 11) is 0. The second-order valence-corrected chi connectivity index (χ2v) is 4.02. The topological polar surface area (TPSA) is 44.1 Å². The summed E-state index contributed by atoms with van der Waals surface area (Å²) in [6.45, 7) is 5.80. The van der Waals surface area contributed by atoms with Gasteiger partial charge in [-0.15, -0.1) is 11.8 Å². The molecule has 0 aliphatic heterocycles. The fourth-order valence-electron chi connectivity index (χ4n) is 1.18. The largest absolute Gasteiger partial charge is 0.342 e. The lowest BCUT2D eigenvalue weighted by Crippen LogP contribution is -2.33. The molecule has 0 spiro atoms. The van der Waals surface area contributed by atoms with Gasteiger partial charge in [0, 0.05) is 13.1 Å². The summed E-state index contributed by atoms with van der Waals surface area (Å²) in [4.78, 5) is 13.5.